The third-order valence-electron chi connectivity index (χ3n) is 2.19. The Morgan fingerprint density at radius 3 is 2.46 bits per heavy atom. The van der Waals surface area contributed by atoms with Gasteiger partial charge < -0.3 is 10.8 Å². The molecule has 2 heteroatoms. The lowest BCUT2D eigenvalue weighted by molar-refractivity contribution is 0.457. The fraction of sp³-hybridized carbons (Fsp3) is 0.455. The van der Waals surface area contributed by atoms with Crippen LogP contribution in [-0.4, -0.2) is 11.1 Å². The van der Waals surface area contributed by atoms with Gasteiger partial charge in [0, 0.05) is 6.04 Å². The van der Waals surface area contributed by atoms with Crippen LogP contribution in [0, 0.1) is 0 Å². The Balaban J connectivity index is 2.76. The molecule has 13 heavy (non-hydrogen) atoms. The summed E-state index contributed by atoms with van der Waals surface area (Å²) >= 11 is 0. The summed E-state index contributed by atoms with van der Waals surface area (Å²) in [5.41, 5.74) is 6.69. The van der Waals surface area contributed by atoms with Crippen LogP contribution in [0.2, 0.25) is 0 Å². The first-order valence-electron chi connectivity index (χ1n) is 4.64. The van der Waals surface area contributed by atoms with E-state index in [1.165, 1.54) is 0 Å². The molecule has 0 saturated heterocycles. The number of aromatic hydroxyl groups is 1. The Morgan fingerprint density at radius 2 is 1.92 bits per heavy atom. The fourth-order valence-corrected chi connectivity index (χ4v) is 1.59. The van der Waals surface area contributed by atoms with E-state index in [9.17, 15) is 5.11 Å². The van der Waals surface area contributed by atoms with Crippen LogP contribution in [0.5, 0.6) is 5.75 Å². The van der Waals surface area contributed by atoms with Crippen LogP contribution in [0.15, 0.2) is 24.3 Å². The first kappa shape index (κ1) is 10.1. The molecule has 0 radical (unpaired) electrons. The highest BCUT2D eigenvalue weighted by molar-refractivity contribution is 5.34. The lowest BCUT2D eigenvalue weighted by Crippen LogP contribution is -2.17. The van der Waals surface area contributed by atoms with Crippen molar-refractivity contribution in [3.63, 3.8) is 0 Å². The number of hydrogen-bond donors (Lipinski definition) is 2. The van der Waals surface area contributed by atoms with Crippen molar-refractivity contribution >= 4 is 0 Å². The predicted molar refractivity (Wildman–Crippen MR) is 54.8 cm³/mol. The third kappa shape index (κ3) is 2.74. The Morgan fingerprint density at radius 1 is 1.31 bits per heavy atom. The number of rotatable bonds is 3. The van der Waals surface area contributed by atoms with Gasteiger partial charge >= 0.3 is 0 Å². The summed E-state index contributed by atoms with van der Waals surface area (Å²) < 4.78 is 0. The quantitative estimate of drug-likeness (QED) is 0.747. The minimum Gasteiger partial charge on any atom is -0.508 e. The maximum absolute atomic E-state index is 9.55. The van der Waals surface area contributed by atoms with Crippen molar-refractivity contribution < 1.29 is 5.11 Å². The van der Waals surface area contributed by atoms with E-state index in [1.807, 2.05) is 25.1 Å². The van der Waals surface area contributed by atoms with E-state index < -0.39 is 0 Å². The highest BCUT2D eigenvalue weighted by Gasteiger charge is 2.10. The van der Waals surface area contributed by atoms with Gasteiger partial charge in [0.1, 0.15) is 5.75 Å². The molecule has 0 bridgehead atoms. The van der Waals surface area contributed by atoms with E-state index in [0.717, 1.165) is 12.0 Å². The molecule has 0 saturated carbocycles. The van der Waals surface area contributed by atoms with Gasteiger partial charge in [0.05, 0.1) is 0 Å². The highest BCUT2D eigenvalue weighted by Crippen LogP contribution is 2.27. The van der Waals surface area contributed by atoms with Crippen LogP contribution in [0.3, 0.4) is 0 Å². The molecule has 0 aliphatic heterocycles. The lowest BCUT2D eigenvalue weighted by Gasteiger charge is -2.15. The smallest absolute Gasteiger partial charge is 0.119 e. The number of para-hydroxylation sites is 1. The van der Waals surface area contributed by atoms with Gasteiger partial charge in [-0.2, -0.15) is 0 Å². The van der Waals surface area contributed by atoms with Gasteiger partial charge in [-0.3, -0.25) is 0 Å². The van der Waals surface area contributed by atoms with Gasteiger partial charge in [-0.25, -0.2) is 0 Å². The van der Waals surface area contributed by atoms with Gasteiger partial charge in [-0.05, 0) is 30.9 Å². The Labute approximate surface area is 79.4 Å². The second-order valence-corrected chi connectivity index (χ2v) is 3.67. The molecular weight excluding hydrogens is 162 g/mol. The zero-order chi connectivity index (χ0) is 9.84. The Kier molecular flexibility index (Phi) is 3.32. The molecule has 0 fully saturated rings. The summed E-state index contributed by atoms with van der Waals surface area (Å²) in [4.78, 5) is 0. The first-order chi connectivity index (χ1) is 6.11. The monoisotopic (exact) mass is 179 g/mol. The van der Waals surface area contributed by atoms with Crippen molar-refractivity contribution in [1.29, 1.82) is 0 Å². The second-order valence-electron chi connectivity index (χ2n) is 3.67. The molecule has 2 unspecified atom stereocenters. The molecule has 2 atom stereocenters. The van der Waals surface area contributed by atoms with Crippen LogP contribution in [0.1, 0.15) is 31.7 Å². The van der Waals surface area contributed by atoms with E-state index in [-0.39, 0.29) is 6.04 Å². The summed E-state index contributed by atoms with van der Waals surface area (Å²) in [5.74, 6) is 0.692. The SMILES string of the molecule is CC(N)CC(C)c1ccccc1O. The molecule has 72 valence electrons. The van der Waals surface area contributed by atoms with Crippen molar-refractivity contribution in [2.45, 2.75) is 32.2 Å². The zero-order valence-corrected chi connectivity index (χ0v) is 8.20. The van der Waals surface area contributed by atoms with E-state index in [1.54, 1.807) is 6.07 Å². The predicted octanol–water partition coefficient (Wildman–Crippen LogP) is 2.23. The van der Waals surface area contributed by atoms with Crippen molar-refractivity contribution in [3.05, 3.63) is 29.8 Å². The number of hydrogen-bond acceptors (Lipinski definition) is 2. The molecule has 0 heterocycles. The number of phenolic OH excluding ortho intramolecular Hbond substituents is 1. The van der Waals surface area contributed by atoms with Crippen molar-refractivity contribution in [3.8, 4) is 5.75 Å². The Bertz CT molecular complexity index is 271. The molecule has 0 aliphatic rings. The van der Waals surface area contributed by atoms with Crippen LogP contribution in [-0.2, 0) is 0 Å². The topological polar surface area (TPSA) is 46.2 Å². The van der Waals surface area contributed by atoms with Crippen molar-refractivity contribution in [2.75, 3.05) is 0 Å². The summed E-state index contributed by atoms with van der Waals surface area (Å²) in [6.07, 6.45) is 0.900. The first-order valence-corrected chi connectivity index (χ1v) is 4.64. The molecule has 0 aliphatic carbocycles. The summed E-state index contributed by atoms with van der Waals surface area (Å²) in [6.45, 7) is 4.06. The molecule has 0 aromatic heterocycles. The highest BCUT2D eigenvalue weighted by atomic mass is 16.3. The molecule has 1 rings (SSSR count). The molecular formula is C11H17NO. The fourth-order valence-electron chi connectivity index (χ4n) is 1.59. The van der Waals surface area contributed by atoms with Crippen LogP contribution in [0.4, 0.5) is 0 Å². The second kappa shape index (κ2) is 4.28. The van der Waals surface area contributed by atoms with E-state index in [4.69, 9.17) is 5.73 Å². The van der Waals surface area contributed by atoms with Crippen LogP contribution < -0.4 is 5.73 Å². The average Bonchev–Trinajstić information content (AvgIpc) is 2.03. The molecule has 1 aromatic rings. The number of phenols is 1. The summed E-state index contributed by atoms with van der Waals surface area (Å²) in [5, 5.41) is 9.55. The van der Waals surface area contributed by atoms with Crippen LogP contribution >= 0.6 is 0 Å². The Hall–Kier alpha value is -1.02. The van der Waals surface area contributed by atoms with Crippen molar-refractivity contribution in [1.82, 2.24) is 0 Å². The van der Waals surface area contributed by atoms with Gasteiger partial charge in [-0.15, -0.1) is 0 Å². The molecule has 3 N–H and O–H groups in total. The van der Waals surface area contributed by atoms with E-state index in [2.05, 4.69) is 6.92 Å². The van der Waals surface area contributed by atoms with Gasteiger partial charge in [-0.1, -0.05) is 25.1 Å². The molecule has 0 amide bonds. The normalized spacial score (nSPS) is 15.3. The van der Waals surface area contributed by atoms with Gasteiger partial charge in [0.25, 0.3) is 0 Å². The lowest BCUT2D eigenvalue weighted by atomic mass is 9.94. The van der Waals surface area contributed by atoms with Gasteiger partial charge in [0.2, 0.25) is 0 Å². The maximum atomic E-state index is 9.55. The minimum absolute atomic E-state index is 0.176. The summed E-state index contributed by atoms with van der Waals surface area (Å²) in [6, 6.07) is 7.61. The number of nitrogens with two attached hydrogens (primary N) is 1. The number of benzene rings is 1. The van der Waals surface area contributed by atoms with Gasteiger partial charge in [0.15, 0.2) is 0 Å². The molecule has 0 spiro atoms. The van der Waals surface area contributed by atoms with E-state index >= 15 is 0 Å². The minimum atomic E-state index is 0.176. The van der Waals surface area contributed by atoms with Crippen molar-refractivity contribution in [2.24, 2.45) is 5.73 Å². The average molecular weight is 179 g/mol. The largest absolute Gasteiger partial charge is 0.508 e. The maximum Gasteiger partial charge on any atom is 0.119 e. The van der Waals surface area contributed by atoms with E-state index in [0.29, 0.717) is 11.7 Å². The molecule has 1 aromatic carbocycles. The zero-order valence-electron chi connectivity index (χ0n) is 8.20. The molecule has 2 nitrogen and oxygen atoms in total. The third-order valence-corrected chi connectivity index (χ3v) is 2.19. The summed E-state index contributed by atoms with van der Waals surface area (Å²) in [7, 11) is 0. The standard InChI is InChI=1S/C11H17NO/c1-8(7-9(2)12)10-5-3-4-6-11(10)13/h3-6,8-9,13H,7,12H2,1-2H3. The van der Waals surface area contributed by atoms with Crippen LogP contribution in [0.25, 0.3) is 0 Å².